The zero-order chi connectivity index (χ0) is 24.3. The second-order valence-electron chi connectivity index (χ2n) is 8.86. The van der Waals surface area contributed by atoms with E-state index in [9.17, 15) is 9.59 Å². The molecule has 1 fully saturated rings. The average molecular weight is 471 g/mol. The number of carbonyl (C=O) groups is 1. The molecule has 5 aromatic rings. The first-order valence-corrected chi connectivity index (χ1v) is 11.8. The monoisotopic (exact) mass is 470 g/mol. The third-order valence-corrected chi connectivity index (χ3v) is 7.19. The molecule has 0 N–H and O–H groups in total. The van der Waals surface area contributed by atoms with Gasteiger partial charge in [0.1, 0.15) is 5.69 Å². The molecule has 3 aromatic heterocycles. The zero-order valence-electron chi connectivity index (χ0n) is 20.0. The van der Waals surface area contributed by atoms with E-state index in [0.717, 1.165) is 35.9 Å². The number of pyridine rings is 2. The second-order valence-corrected chi connectivity index (χ2v) is 8.86. The van der Waals surface area contributed by atoms with E-state index in [-0.39, 0.29) is 11.5 Å². The molecule has 4 heterocycles. The van der Waals surface area contributed by atoms with Gasteiger partial charge in [-0.3, -0.25) is 14.0 Å². The summed E-state index contributed by atoms with van der Waals surface area (Å²) >= 11 is 0. The molecule has 178 valence electrons. The highest BCUT2D eigenvalue weighted by Gasteiger charge is 2.27. The van der Waals surface area contributed by atoms with E-state index < -0.39 is 0 Å². The maximum Gasteiger partial charge on any atom is 0.272 e. The minimum Gasteiger partial charge on any atom is -0.493 e. The zero-order valence-corrected chi connectivity index (χ0v) is 20.0. The predicted molar refractivity (Wildman–Crippen MR) is 136 cm³/mol. The van der Waals surface area contributed by atoms with Crippen LogP contribution in [-0.4, -0.2) is 72.0 Å². The van der Waals surface area contributed by atoms with E-state index >= 15 is 0 Å². The molecule has 2 aromatic carbocycles. The van der Waals surface area contributed by atoms with Gasteiger partial charge in [-0.1, -0.05) is 25.1 Å². The summed E-state index contributed by atoms with van der Waals surface area (Å²) in [6, 6.07) is 13.2. The molecule has 8 nitrogen and oxygen atoms in total. The summed E-state index contributed by atoms with van der Waals surface area (Å²) in [4.78, 5) is 36.5. The molecular weight excluding hydrogens is 444 g/mol. The fourth-order valence-electron chi connectivity index (χ4n) is 5.37. The van der Waals surface area contributed by atoms with Crippen LogP contribution in [-0.2, 0) is 0 Å². The Morgan fingerprint density at radius 3 is 2.46 bits per heavy atom. The largest absolute Gasteiger partial charge is 0.493 e. The maximum atomic E-state index is 13.9. The normalized spacial score (nSPS) is 15.0. The van der Waals surface area contributed by atoms with Crippen LogP contribution in [0.2, 0.25) is 0 Å². The van der Waals surface area contributed by atoms with Crippen molar-refractivity contribution in [1.82, 2.24) is 19.2 Å². The molecule has 0 aliphatic carbocycles. The smallest absolute Gasteiger partial charge is 0.272 e. The lowest BCUT2D eigenvalue weighted by Gasteiger charge is -2.33. The number of fused-ring (bicyclic) bond motifs is 5. The third kappa shape index (κ3) is 3.06. The second kappa shape index (κ2) is 8.09. The summed E-state index contributed by atoms with van der Waals surface area (Å²) < 4.78 is 12.8. The Morgan fingerprint density at radius 1 is 0.971 bits per heavy atom. The molecule has 0 bridgehead atoms. The van der Waals surface area contributed by atoms with Crippen LogP contribution in [0.25, 0.3) is 38.1 Å². The number of aromatic nitrogens is 2. The molecule has 0 saturated carbocycles. The highest BCUT2D eigenvalue weighted by Crippen LogP contribution is 2.39. The quantitative estimate of drug-likeness (QED) is 0.375. The molecule has 0 unspecified atom stereocenters. The van der Waals surface area contributed by atoms with Gasteiger partial charge < -0.3 is 19.3 Å². The summed E-state index contributed by atoms with van der Waals surface area (Å²) in [6.07, 6.45) is 0. The molecular formula is C27H26N4O4. The van der Waals surface area contributed by atoms with Gasteiger partial charge in [0, 0.05) is 42.3 Å². The van der Waals surface area contributed by atoms with Crippen LogP contribution in [0.3, 0.4) is 0 Å². The Kier molecular flexibility index (Phi) is 5.00. The fraction of sp³-hybridized carbons (Fsp3) is 0.296. The van der Waals surface area contributed by atoms with E-state index in [0.29, 0.717) is 52.1 Å². The van der Waals surface area contributed by atoms with Crippen molar-refractivity contribution in [3.8, 4) is 11.5 Å². The molecule has 0 spiro atoms. The molecule has 1 aliphatic heterocycles. The van der Waals surface area contributed by atoms with Gasteiger partial charge in [0.05, 0.1) is 36.2 Å². The topological polar surface area (TPSA) is 76.4 Å². The summed E-state index contributed by atoms with van der Waals surface area (Å²) in [7, 11) is 3.07. The molecule has 0 radical (unpaired) electrons. The highest BCUT2D eigenvalue weighted by molar-refractivity contribution is 6.21. The maximum absolute atomic E-state index is 13.9. The number of methoxy groups -OCH3 is 2. The minimum atomic E-state index is -0.203. The summed E-state index contributed by atoms with van der Waals surface area (Å²) in [6.45, 7) is 6.16. The summed E-state index contributed by atoms with van der Waals surface area (Å²) in [5.74, 6) is 0.743. The van der Waals surface area contributed by atoms with Crippen LogP contribution in [0.5, 0.6) is 11.5 Å². The molecule has 8 heteroatoms. The van der Waals surface area contributed by atoms with Gasteiger partial charge in [-0.05, 0) is 30.8 Å². The standard InChI is InChI=1S/C27H26N4O4/c1-4-29-11-13-30(14-12-29)26(32)19-15-18-16-7-5-6-8-20(16)31-24(18)23(28-19)17-9-10-21(34-2)25(35-3)22(17)27(31)33/h5-10,15H,4,11-14H2,1-3H3. The number of para-hydroxylation sites is 1. The first kappa shape index (κ1) is 21.6. The first-order valence-electron chi connectivity index (χ1n) is 11.8. The molecule has 0 atom stereocenters. The van der Waals surface area contributed by atoms with E-state index in [4.69, 9.17) is 14.5 Å². The predicted octanol–water partition coefficient (Wildman–Crippen LogP) is 3.39. The number of rotatable bonds is 4. The van der Waals surface area contributed by atoms with Gasteiger partial charge in [0.25, 0.3) is 11.5 Å². The van der Waals surface area contributed by atoms with Crippen LogP contribution in [0.1, 0.15) is 17.4 Å². The van der Waals surface area contributed by atoms with Crippen molar-refractivity contribution in [2.24, 2.45) is 0 Å². The number of nitrogens with zero attached hydrogens (tertiary/aromatic N) is 4. The Bertz CT molecular complexity index is 1670. The van der Waals surface area contributed by atoms with Gasteiger partial charge in [-0.25, -0.2) is 4.98 Å². The summed E-state index contributed by atoms with van der Waals surface area (Å²) in [5.41, 5.74) is 2.27. The van der Waals surface area contributed by atoms with Crippen molar-refractivity contribution in [2.75, 3.05) is 46.9 Å². The molecule has 1 saturated heterocycles. The van der Waals surface area contributed by atoms with Crippen molar-refractivity contribution in [1.29, 1.82) is 0 Å². The number of benzene rings is 2. The van der Waals surface area contributed by atoms with Crippen LogP contribution in [0.15, 0.2) is 47.3 Å². The van der Waals surface area contributed by atoms with Gasteiger partial charge >= 0.3 is 0 Å². The van der Waals surface area contributed by atoms with Crippen molar-refractivity contribution >= 4 is 44.0 Å². The van der Waals surface area contributed by atoms with Crippen molar-refractivity contribution in [3.63, 3.8) is 0 Å². The summed E-state index contributed by atoms with van der Waals surface area (Å²) in [5, 5.41) is 2.77. The number of likely N-dealkylation sites (N-methyl/N-ethyl adjacent to an activating group) is 1. The Balaban J connectivity index is 1.69. The number of carbonyl (C=O) groups excluding carboxylic acids is 1. The lowest BCUT2D eigenvalue weighted by molar-refractivity contribution is 0.0638. The van der Waals surface area contributed by atoms with Crippen LogP contribution in [0.4, 0.5) is 0 Å². The first-order chi connectivity index (χ1) is 17.1. The fourth-order valence-corrected chi connectivity index (χ4v) is 5.37. The van der Waals surface area contributed by atoms with Crippen molar-refractivity contribution in [2.45, 2.75) is 6.92 Å². The third-order valence-electron chi connectivity index (χ3n) is 7.19. The van der Waals surface area contributed by atoms with Crippen molar-refractivity contribution in [3.05, 3.63) is 58.5 Å². The van der Waals surface area contributed by atoms with Crippen molar-refractivity contribution < 1.29 is 14.3 Å². The highest BCUT2D eigenvalue weighted by atomic mass is 16.5. The Labute approximate surface area is 201 Å². The van der Waals surface area contributed by atoms with E-state index in [1.807, 2.05) is 41.3 Å². The lowest BCUT2D eigenvalue weighted by atomic mass is 10.1. The van der Waals surface area contributed by atoms with E-state index in [1.165, 1.54) is 7.11 Å². The Morgan fingerprint density at radius 2 is 1.74 bits per heavy atom. The number of hydrogen-bond acceptors (Lipinski definition) is 6. The molecule has 1 amide bonds. The van der Waals surface area contributed by atoms with E-state index in [1.54, 1.807) is 17.6 Å². The van der Waals surface area contributed by atoms with Gasteiger partial charge in [-0.15, -0.1) is 0 Å². The van der Waals surface area contributed by atoms with Crippen LogP contribution in [0, 0.1) is 0 Å². The SMILES string of the molecule is CCN1CCN(C(=O)c2cc3c4ccccc4n4c(=O)c5c(OC)c(OC)ccc5c(n2)c34)CC1. The molecule has 1 aliphatic rings. The van der Waals surface area contributed by atoms with E-state index in [2.05, 4.69) is 11.8 Å². The number of hydrogen-bond donors (Lipinski definition) is 0. The number of piperazine rings is 1. The average Bonchev–Trinajstić information content (AvgIpc) is 3.25. The number of amides is 1. The lowest BCUT2D eigenvalue weighted by Crippen LogP contribution is -2.48. The minimum absolute atomic E-state index is 0.0883. The molecule has 6 rings (SSSR count). The van der Waals surface area contributed by atoms with Gasteiger partial charge in [0.2, 0.25) is 0 Å². The van der Waals surface area contributed by atoms with Crippen LogP contribution < -0.4 is 15.0 Å². The van der Waals surface area contributed by atoms with Crippen LogP contribution >= 0.6 is 0 Å². The van der Waals surface area contributed by atoms with Gasteiger partial charge in [0.15, 0.2) is 11.5 Å². The van der Waals surface area contributed by atoms with Gasteiger partial charge in [-0.2, -0.15) is 0 Å². The Hall–Kier alpha value is -3.91. The number of ether oxygens (including phenoxy) is 2. The molecule has 35 heavy (non-hydrogen) atoms.